The highest BCUT2D eigenvalue weighted by molar-refractivity contribution is 7.89. The fourth-order valence-electron chi connectivity index (χ4n) is 1.55. The summed E-state index contributed by atoms with van der Waals surface area (Å²) in [7, 11) is -1.92. The largest absolute Gasteiger partial charge is 0.389 e. The first-order valence-electron chi connectivity index (χ1n) is 5.29. The molecule has 0 saturated carbocycles. The fraction of sp³-hybridized carbons (Fsp3) is 1.00. The third kappa shape index (κ3) is 5.22. The maximum atomic E-state index is 11.6. The maximum absolute atomic E-state index is 11.6. The quantitative estimate of drug-likeness (QED) is 0.614. The lowest BCUT2D eigenvalue weighted by Gasteiger charge is -2.13. The Morgan fingerprint density at radius 3 is 2.94 bits per heavy atom. The molecule has 0 bridgehead atoms. The van der Waals surface area contributed by atoms with Gasteiger partial charge in [-0.05, 0) is 12.8 Å². The van der Waals surface area contributed by atoms with Crippen LogP contribution in [0.3, 0.4) is 0 Å². The molecule has 16 heavy (non-hydrogen) atoms. The number of ether oxygens (including phenoxy) is 2. The van der Waals surface area contributed by atoms with Gasteiger partial charge in [0.15, 0.2) is 0 Å². The van der Waals surface area contributed by atoms with Crippen molar-refractivity contribution in [3.05, 3.63) is 0 Å². The van der Waals surface area contributed by atoms with Crippen LogP contribution < -0.4 is 4.72 Å². The van der Waals surface area contributed by atoms with Crippen LogP contribution in [-0.4, -0.2) is 58.4 Å². The summed E-state index contributed by atoms with van der Waals surface area (Å²) in [6.45, 7) is 0.720. The predicted molar refractivity (Wildman–Crippen MR) is 58.6 cm³/mol. The zero-order valence-electron chi connectivity index (χ0n) is 9.39. The van der Waals surface area contributed by atoms with E-state index >= 15 is 0 Å². The molecule has 0 aromatic carbocycles. The van der Waals surface area contributed by atoms with E-state index in [1.165, 1.54) is 7.11 Å². The molecule has 6 nitrogen and oxygen atoms in total. The number of hydrogen-bond acceptors (Lipinski definition) is 5. The highest BCUT2D eigenvalue weighted by Crippen LogP contribution is 2.13. The second kappa shape index (κ2) is 6.51. The normalized spacial score (nSPS) is 23.5. The Morgan fingerprint density at radius 2 is 2.38 bits per heavy atom. The zero-order valence-corrected chi connectivity index (χ0v) is 10.2. The molecule has 1 saturated heterocycles. The van der Waals surface area contributed by atoms with Gasteiger partial charge in [-0.3, -0.25) is 0 Å². The molecule has 1 aliphatic heterocycles. The molecule has 2 N–H and O–H groups in total. The van der Waals surface area contributed by atoms with Crippen molar-refractivity contribution in [1.29, 1.82) is 0 Å². The Bertz CT molecular complexity index is 286. The molecule has 1 heterocycles. The Morgan fingerprint density at radius 1 is 1.62 bits per heavy atom. The van der Waals surface area contributed by atoms with E-state index in [4.69, 9.17) is 9.47 Å². The van der Waals surface area contributed by atoms with E-state index in [-0.39, 0.29) is 25.0 Å². The van der Waals surface area contributed by atoms with Gasteiger partial charge in [0, 0.05) is 20.3 Å². The monoisotopic (exact) mass is 253 g/mol. The Balaban J connectivity index is 2.27. The first-order chi connectivity index (χ1) is 7.53. The van der Waals surface area contributed by atoms with Gasteiger partial charge in [-0.1, -0.05) is 0 Å². The third-order valence-corrected chi connectivity index (χ3v) is 3.74. The van der Waals surface area contributed by atoms with Gasteiger partial charge in [0.05, 0.1) is 24.6 Å². The molecule has 2 atom stereocenters. The van der Waals surface area contributed by atoms with Crippen LogP contribution in [0.5, 0.6) is 0 Å². The number of aliphatic hydroxyl groups excluding tert-OH is 1. The fourth-order valence-corrected chi connectivity index (χ4v) is 2.87. The van der Waals surface area contributed by atoms with Crippen LogP contribution in [0.15, 0.2) is 0 Å². The van der Waals surface area contributed by atoms with E-state index in [2.05, 4.69) is 4.72 Å². The topological polar surface area (TPSA) is 84.9 Å². The summed E-state index contributed by atoms with van der Waals surface area (Å²) >= 11 is 0. The van der Waals surface area contributed by atoms with Crippen molar-refractivity contribution >= 4 is 10.0 Å². The summed E-state index contributed by atoms with van der Waals surface area (Å²) in [5, 5.41) is 9.29. The van der Waals surface area contributed by atoms with Crippen LogP contribution in [0.4, 0.5) is 0 Å². The Labute approximate surface area is 96.0 Å². The number of sulfonamides is 1. The molecule has 0 radical (unpaired) electrons. The predicted octanol–water partition coefficient (Wildman–Crippen LogP) is -0.908. The lowest BCUT2D eigenvalue weighted by atomic mass is 10.3. The van der Waals surface area contributed by atoms with Crippen LogP contribution in [0.2, 0.25) is 0 Å². The first kappa shape index (κ1) is 13.9. The van der Waals surface area contributed by atoms with Gasteiger partial charge < -0.3 is 14.6 Å². The van der Waals surface area contributed by atoms with E-state index in [1.54, 1.807) is 0 Å². The first-order valence-corrected chi connectivity index (χ1v) is 6.94. The van der Waals surface area contributed by atoms with Crippen LogP contribution >= 0.6 is 0 Å². The van der Waals surface area contributed by atoms with Gasteiger partial charge in [-0.15, -0.1) is 0 Å². The molecule has 1 aliphatic rings. The number of aliphatic hydroxyl groups is 1. The van der Waals surface area contributed by atoms with Gasteiger partial charge in [0.25, 0.3) is 0 Å². The number of hydrogen-bond donors (Lipinski definition) is 2. The number of methoxy groups -OCH3 is 1. The van der Waals surface area contributed by atoms with Gasteiger partial charge in [0.1, 0.15) is 0 Å². The van der Waals surface area contributed by atoms with Crippen molar-refractivity contribution in [3.8, 4) is 0 Å². The molecule has 2 unspecified atom stereocenters. The summed E-state index contributed by atoms with van der Waals surface area (Å²) in [5.74, 6) is -0.0350. The Hall–Kier alpha value is -0.210. The molecule has 7 heteroatoms. The molecular formula is C9H19NO5S. The third-order valence-electron chi connectivity index (χ3n) is 2.33. The number of nitrogens with one attached hydrogen (secondary N) is 1. The summed E-state index contributed by atoms with van der Waals surface area (Å²) in [4.78, 5) is 0. The summed E-state index contributed by atoms with van der Waals surface area (Å²) < 4.78 is 35.4. The Kier molecular flexibility index (Phi) is 5.63. The van der Waals surface area contributed by atoms with E-state index in [1.807, 2.05) is 0 Å². The summed E-state index contributed by atoms with van der Waals surface area (Å²) in [6.07, 6.45) is 0.662. The zero-order chi connectivity index (χ0) is 12.0. The van der Waals surface area contributed by atoms with E-state index < -0.39 is 16.1 Å². The van der Waals surface area contributed by atoms with Crippen molar-refractivity contribution in [2.75, 3.05) is 32.6 Å². The minimum Gasteiger partial charge on any atom is -0.389 e. The highest BCUT2D eigenvalue weighted by atomic mass is 32.2. The van der Waals surface area contributed by atoms with E-state index in [9.17, 15) is 13.5 Å². The van der Waals surface area contributed by atoms with Gasteiger partial charge >= 0.3 is 0 Å². The average Bonchev–Trinajstić information content (AvgIpc) is 2.67. The van der Waals surface area contributed by atoms with Crippen LogP contribution in [0.25, 0.3) is 0 Å². The number of rotatable bonds is 7. The van der Waals surface area contributed by atoms with Crippen LogP contribution in [0.1, 0.15) is 12.8 Å². The molecule has 0 aliphatic carbocycles. The van der Waals surface area contributed by atoms with Crippen molar-refractivity contribution < 1.29 is 23.0 Å². The standard InChI is InChI=1S/C9H19NO5S/c1-14-6-8(11)5-10-16(12,13)7-9-3-2-4-15-9/h8-11H,2-7H2,1H3. The lowest BCUT2D eigenvalue weighted by molar-refractivity contribution is 0.0678. The second-order valence-electron chi connectivity index (χ2n) is 3.87. The minimum absolute atomic E-state index is 0.0249. The van der Waals surface area contributed by atoms with Gasteiger partial charge in [-0.25, -0.2) is 13.1 Å². The molecule has 0 amide bonds. The summed E-state index contributed by atoms with van der Waals surface area (Å²) in [6, 6.07) is 0. The molecule has 1 rings (SSSR count). The van der Waals surface area contributed by atoms with Crippen molar-refractivity contribution in [1.82, 2.24) is 4.72 Å². The lowest BCUT2D eigenvalue weighted by Crippen LogP contribution is -2.38. The minimum atomic E-state index is -3.37. The van der Waals surface area contributed by atoms with E-state index in [0.29, 0.717) is 6.61 Å². The van der Waals surface area contributed by atoms with Gasteiger partial charge in [-0.2, -0.15) is 0 Å². The maximum Gasteiger partial charge on any atom is 0.214 e. The SMILES string of the molecule is COCC(O)CNS(=O)(=O)CC1CCCO1. The van der Waals surface area contributed by atoms with Crippen molar-refractivity contribution in [2.24, 2.45) is 0 Å². The van der Waals surface area contributed by atoms with Crippen molar-refractivity contribution in [3.63, 3.8) is 0 Å². The van der Waals surface area contributed by atoms with Gasteiger partial charge in [0.2, 0.25) is 10.0 Å². The van der Waals surface area contributed by atoms with Crippen molar-refractivity contribution in [2.45, 2.75) is 25.0 Å². The molecule has 0 spiro atoms. The molecule has 0 aromatic heterocycles. The average molecular weight is 253 g/mol. The smallest absolute Gasteiger partial charge is 0.214 e. The molecular weight excluding hydrogens is 234 g/mol. The second-order valence-corrected chi connectivity index (χ2v) is 5.73. The highest BCUT2D eigenvalue weighted by Gasteiger charge is 2.23. The molecule has 96 valence electrons. The molecule has 0 aromatic rings. The summed E-state index contributed by atoms with van der Waals surface area (Å²) in [5.41, 5.74) is 0. The molecule has 1 fully saturated rings. The van der Waals surface area contributed by atoms with Crippen LogP contribution in [-0.2, 0) is 19.5 Å². The van der Waals surface area contributed by atoms with Crippen LogP contribution in [0, 0.1) is 0 Å². The van der Waals surface area contributed by atoms with E-state index in [0.717, 1.165) is 12.8 Å².